The van der Waals surface area contributed by atoms with Gasteiger partial charge in [0.2, 0.25) is 5.90 Å². The van der Waals surface area contributed by atoms with Crippen LogP contribution in [0.2, 0.25) is 5.02 Å². The van der Waals surface area contributed by atoms with Gasteiger partial charge in [0, 0.05) is 13.6 Å². The van der Waals surface area contributed by atoms with Gasteiger partial charge in [-0.15, -0.1) is 0 Å². The molecule has 0 aromatic heterocycles. The zero-order valence-corrected chi connectivity index (χ0v) is 22.9. The van der Waals surface area contributed by atoms with Crippen LogP contribution in [0.4, 0.5) is 0 Å². The summed E-state index contributed by atoms with van der Waals surface area (Å²) in [6, 6.07) is 17.1. The molecule has 0 saturated heterocycles. The number of aryl methyl sites for hydroxylation is 1. The number of benzene rings is 3. The fourth-order valence-corrected chi connectivity index (χ4v) is 4.38. The quantitative estimate of drug-likeness (QED) is 0.152. The minimum Gasteiger partial charge on any atom is -0.490 e. The first-order valence-electron chi connectivity index (χ1n) is 10.5. The molecule has 1 heterocycles. The summed E-state index contributed by atoms with van der Waals surface area (Å²) in [5.41, 5.74) is 3.66. The van der Waals surface area contributed by atoms with Crippen molar-refractivity contribution in [2.45, 2.75) is 20.5 Å². The Balaban J connectivity index is 1.61. The van der Waals surface area contributed by atoms with E-state index in [-0.39, 0.29) is 11.6 Å². The van der Waals surface area contributed by atoms with Crippen LogP contribution in [0.15, 0.2) is 69.8 Å². The molecule has 5 nitrogen and oxygen atoms in total. The highest BCUT2D eigenvalue weighted by atomic mass is 127. The minimum absolute atomic E-state index is 0.188. The van der Waals surface area contributed by atoms with Crippen LogP contribution in [0.25, 0.3) is 6.08 Å². The Bertz CT molecular complexity index is 1320. The van der Waals surface area contributed by atoms with Crippen LogP contribution in [-0.2, 0) is 16.1 Å². The van der Waals surface area contributed by atoms with E-state index in [1.807, 2.05) is 56.3 Å². The summed E-state index contributed by atoms with van der Waals surface area (Å²) in [6.07, 6.45) is 1.63. The molecular weight excluding hydrogens is 633 g/mol. The van der Waals surface area contributed by atoms with Gasteiger partial charge in [-0.25, -0.2) is 9.79 Å². The lowest BCUT2D eigenvalue weighted by atomic mass is 10.1. The van der Waals surface area contributed by atoms with E-state index in [2.05, 4.69) is 43.5 Å². The third-order valence-electron chi connectivity index (χ3n) is 4.93. The molecule has 0 unspecified atom stereocenters. The van der Waals surface area contributed by atoms with Crippen molar-refractivity contribution in [3.63, 3.8) is 0 Å². The first kappa shape index (κ1) is 24.8. The van der Waals surface area contributed by atoms with Crippen molar-refractivity contribution in [3.05, 3.63) is 95.6 Å². The summed E-state index contributed by atoms with van der Waals surface area (Å²) in [6.45, 7) is 4.64. The summed E-state index contributed by atoms with van der Waals surface area (Å²) >= 11 is 12.3. The molecule has 0 atom stereocenters. The molecule has 3 aromatic rings. The molecule has 0 N–H and O–H groups in total. The van der Waals surface area contributed by atoms with Crippen LogP contribution in [0.1, 0.15) is 29.2 Å². The number of carbonyl (C=O) groups is 1. The van der Waals surface area contributed by atoms with Gasteiger partial charge in [0.05, 0.1) is 11.6 Å². The zero-order valence-electron chi connectivity index (χ0n) is 18.4. The monoisotopic (exact) mass is 651 g/mol. The summed E-state index contributed by atoms with van der Waals surface area (Å²) in [4.78, 5) is 16.9. The summed E-state index contributed by atoms with van der Waals surface area (Å²) in [7, 11) is 0. The molecule has 174 valence electrons. The number of aliphatic imine (C=N–C) groups is 1. The molecule has 0 fully saturated rings. The summed E-state index contributed by atoms with van der Waals surface area (Å²) in [5, 5.41) is 0.372. The maximum atomic E-state index is 12.5. The molecule has 0 aliphatic carbocycles. The number of ether oxygens (including phenoxy) is 3. The van der Waals surface area contributed by atoms with E-state index in [1.54, 1.807) is 18.2 Å². The maximum absolute atomic E-state index is 12.5. The van der Waals surface area contributed by atoms with Gasteiger partial charge in [0.1, 0.15) is 6.61 Å². The Morgan fingerprint density at radius 1 is 1.15 bits per heavy atom. The molecule has 0 spiro atoms. The summed E-state index contributed by atoms with van der Waals surface area (Å²) < 4.78 is 19.3. The first-order chi connectivity index (χ1) is 16.3. The predicted octanol–water partition coefficient (Wildman–Crippen LogP) is 7.34. The van der Waals surface area contributed by atoms with Crippen molar-refractivity contribution in [1.82, 2.24) is 0 Å². The van der Waals surface area contributed by atoms with Gasteiger partial charge >= 0.3 is 5.97 Å². The predicted molar refractivity (Wildman–Crippen MR) is 146 cm³/mol. The molecule has 0 amide bonds. The van der Waals surface area contributed by atoms with Gasteiger partial charge in [0.15, 0.2) is 17.2 Å². The summed E-state index contributed by atoms with van der Waals surface area (Å²) in [5.74, 6) is 0.690. The van der Waals surface area contributed by atoms with E-state index < -0.39 is 5.97 Å². The van der Waals surface area contributed by atoms with Crippen molar-refractivity contribution in [3.8, 4) is 11.5 Å². The fraction of sp³-hybridized carbons (Fsp3) is 0.154. The second kappa shape index (κ2) is 10.9. The molecule has 8 heteroatoms. The van der Waals surface area contributed by atoms with E-state index in [0.29, 0.717) is 35.3 Å². The molecule has 1 aliphatic rings. The highest BCUT2D eigenvalue weighted by Crippen LogP contribution is 2.38. The van der Waals surface area contributed by atoms with Crippen molar-refractivity contribution in [1.29, 1.82) is 0 Å². The molecule has 0 saturated carbocycles. The van der Waals surface area contributed by atoms with Crippen LogP contribution < -0.4 is 9.47 Å². The average Bonchev–Trinajstić information content (AvgIpc) is 3.15. The highest BCUT2D eigenvalue weighted by molar-refractivity contribution is 14.1. The van der Waals surface area contributed by atoms with E-state index >= 15 is 0 Å². The van der Waals surface area contributed by atoms with Crippen molar-refractivity contribution in [2.75, 3.05) is 6.61 Å². The Morgan fingerprint density at radius 3 is 2.71 bits per heavy atom. The lowest BCUT2D eigenvalue weighted by molar-refractivity contribution is -0.129. The van der Waals surface area contributed by atoms with Crippen LogP contribution >= 0.6 is 50.1 Å². The number of carbonyl (C=O) groups excluding carboxylic acids is 1. The van der Waals surface area contributed by atoms with Gasteiger partial charge in [-0.05, 0) is 102 Å². The van der Waals surface area contributed by atoms with Gasteiger partial charge < -0.3 is 14.2 Å². The molecule has 34 heavy (non-hydrogen) atoms. The standard InChI is InChI=1S/C26H20BrClINO4/c1-3-32-23-13-17(11-20(28)24(23)33-14-16-5-4-6-19(27)10-16)12-22-26(31)34-25(30-22)18-7-8-21(29)15(2)9-18/h4-13H,3,14H2,1-2H3/b22-12-. The second-order valence-electron chi connectivity index (χ2n) is 7.48. The molecule has 4 rings (SSSR count). The topological polar surface area (TPSA) is 57.1 Å². The zero-order chi connectivity index (χ0) is 24.2. The normalized spacial score (nSPS) is 14.2. The smallest absolute Gasteiger partial charge is 0.363 e. The van der Waals surface area contributed by atoms with E-state index in [4.69, 9.17) is 25.8 Å². The van der Waals surface area contributed by atoms with Crippen LogP contribution in [0, 0.1) is 10.5 Å². The molecular formula is C26H20BrClINO4. The molecule has 3 aromatic carbocycles. The SMILES string of the molecule is CCOc1cc(/C=C2\N=C(c3ccc(I)c(C)c3)OC2=O)cc(Cl)c1OCc1cccc(Br)c1. The fourth-order valence-electron chi connectivity index (χ4n) is 3.32. The molecule has 1 aliphatic heterocycles. The van der Waals surface area contributed by atoms with Crippen molar-refractivity contribution < 1.29 is 19.0 Å². The molecule has 0 bridgehead atoms. The van der Waals surface area contributed by atoms with E-state index in [9.17, 15) is 4.79 Å². The maximum Gasteiger partial charge on any atom is 0.363 e. The molecule has 0 radical (unpaired) electrons. The Morgan fingerprint density at radius 2 is 1.97 bits per heavy atom. The number of halogens is 3. The van der Waals surface area contributed by atoms with E-state index in [1.165, 1.54) is 0 Å². The number of cyclic esters (lactones) is 1. The number of nitrogens with zero attached hydrogens (tertiary/aromatic N) is 1. The third kappa shape index (κ3) is 5.82. The number of hydrogen-bond donors (Lipinski definition) is 0. The minimum atomic E-state index is -0.518. The van der Waals surface area contributed by atoms with Gasteiger partial charge in [-0.2, -0.15) is 0 Å². The first-order valence-corrected chi connectivity index (χ1v) is 12.7. The van der Waals surface area contributed by atoms with Gasteiger partial charge in [-0.3, -0.25) is 0 Å². The number of rotatable bonds is 7. The lowest BCUT2D eigenvalue weighted by Gasteiger charge is -2.14. The number of esters is 1. The highest BCUT2D eigenvalue weighted by Gasteiger charge is 2.25. The number of hydrogen-bond acceptors (Lipinski definition) is 5. The van der Waals surface area contributed by atoms with Crippen molar-refractivity contribution in [2.24, 2.45) is 4.99 Å². The van der Waals surface area contributed by atoms with Gasteiger partial charge in [0.25, 0.3) is 0 Å². The Labute approximate surface area is 225 Å². The Hall–Kier alpha value is -2.36. The van der Waals surface area contributed by atoms with Crippen LogP contribution in [-0.4, -0.2) is 18.5 Å². The second-order valence-corrected chi connectivity index (χ2v) is 9.97. The van der Waals surface area contributed by atoms with Crippen molar-refractivity contribution >= 4 is 68.1 Å². The van der Waals surface area contributed by atoms with E-state index in [0.717, 1.165) is 24.7 Å². The van der Waals surface area contributed by atoms with Gasteiger partial charge in [-0.1, -0.05) is 39.7 Å². The Kier molecular flexibility index (Phi) is 7.95. The lowest BCUT2D eigenvalue weighted by Crippen LogP contribution is -2.05. The van der Waals surface area contributed by atoms with Crippen LogP contribution in [0.3, 0.4) is 0 Å². The third-order valence-corrected chi connectivity index (χ3v) is 6.92. The van der Waals surface area contributed by atoms with Crippen LogP contribution in [0.5, 0.6) is 11.5 Å². The largest absolute Gasteiger partial charge is 0.490 e. The average molecular weight is 653 g/mol.